The van der Waals surface area contributed by atoms with Crippen molar-refractivity contribution < 1.29 is 23.5 Å². The van der Waals surface area contributed by atoms with E-state index >= 15 is 0 Å². The van der Waals surface area contributed by atoms with E-state index in [2.05, 4.69) is 11.4 Å². The van der Waals surface area contributed by atoms with Gasteiger partial charge in [0.1, 0.15) is 16.9 Å². The van der Waals surface area contributed by atoms with Gasteiger partial charge in [0.05, 0.1) is 6.07 Å². The van der Waals surface area contributed by atoms with Crippen molar-refractivity contribution in [2.24, 2.45) is 0 Å². The zero-order chi connectivity index (χ0) is 20.9. The Labute approximate surface area is 167 Å². The molecule has 1 saturated carbocycles. The van der Waals surface area contributed by atoms with Crippen LogP contribution >= 0.6 is 0 Å². The molecule has 0 aliphatic heterocycles. The quantitative estimate of drug-likeness (QED) is 0.586. The molecule has 8 heteroatoms. The summed E-state index contributed by atoms with van der Waals surface area (Å²) in [5.74, 6) is -0.905. The number of amides is 1. The Hall–Kier alpha value is -3.34. The summed E-state index contributed by atoms with van der Waals surface area (Å²) < 4.78 is 15.5. The third-order valence-electron chi connectivity index (χ3n) is 4.91. The standard InChI is InChI=1S/C21H22N2O6/c1-14(20(26)23-21(13-22)9-3-2-4-10-21)28-19(25)12-27-16-7-5-15-6-8-18(24)29-17(15)11-16/h5-8,11,14H,2-4,9-10,12H2,1H3,(H,23,26). The average molecular weight is 398 g/mol. The summed E-state index contributed by atoms with van der Waals surface area (Å²) in [6, 6.07) is 9.96. The molecule has 1 N–H and O–H groups in total. The summed E-state index contributed by atoms with van der Waals surface area (Å²) >= 11 is 0. The zero-order valence-electron chi connectivity index (χ0n) is 16.1. The first-order chi connectivity index (χ1) is 13.9. The van der Waals surface area contributed by atoms with Gasteiger partial charge in [-0.1, -0.05) is 19.3 Å². The molecule has 1 aliphatic carbocycles. The molecule has 29 heavy (non-hydrogen) atoms. The van der Waals surface area contributed by atoms with Crippen LogP contribution in [0, 0.1) is 11.3 Å². The fourth-order valence-corrected chi connectivity index (χ4v) is 3.32. The molecule has 1 heterocycles. The van der Waals surface area contributed by atoms with Gasteiger partial charge in [0.2, 0.25) is 0 Å². The summed E-state index contributed by atoms with van der Waals surface area (Å²) in [5, 5.41) is 12.9. The summed E-state index contributed by atoms with van der Waals surface area (Å²) in [4.78, 5) is 35.7. The summed E-state index contributed by atoms with van der Waals surface area (Å²) in [5.41, 5.74) is -1.03. The third kappa shape index (κ3) is 5.13. The van der Waals surface area contributed by atoms with E-state index in [0.29, 0.717) is 24.2 Å². The molecule has 1 fully saturated rings. The number of hydrogen-bond donors (Lipinski definition) is 1. The highest BCUT2D eigenvalue weighted by molar-refractivity contribution is 5.84. The topological polar surface area (TPSA) is 119 Å². The Morgan fingerprint density at radius 1 is 1.24 bits per heavy atom. The van der Waals surface area contributed by atoms with Gasteiger partial charge in [-0.25, -0.2) is 9.59 Å². The van der Waals surface area contributed by atoms with Crippen LogP contribution in [0.2, 0.25) is 0 Å². The van der Waals surface area contributed by atoms with Crippen LogP contribution in [0.4, 0.5) is 0 Å². The number of fused-ring (bicyclic) bond motifs is 1. The molecule has 1 amide bonds. The van der Waals surface area contributed by atoms with E-state index in [4.69, 9.17) is 13.9 Å². The smallest absolute Gasteiger partial charge is 0.344 e. The molecular formula is C21H22N2O6. The van der Waals surface area contributed by atoms with Crippen LogP contribution < -0.4 is 15.7 Å². The predicted octanol–water partition coefficient (Wildman–Crippen LogP) is 2.45. The van der Waals surface area contributed by atoms with Gasteiger partial charge in [-0.3, -0.25) is 4.79 Å². The van der Waals surface area contributed by atoms with Crippen molar-refractivity contribution >= 4 is 22.8 Å². The zero-order valence-corrected chi connectivity index (χ0v) is 16.1. The molecule has 1 atom stereocenters. The molecule has 2 aromatic rings. The number of rotatable bonds is 6. The van der Waals surface area contributed by atoms with Crippen LogP contribution in [0.1, 0.15) is 39.0 Å². The van der Waals surface area contributed by atoms with Gasteiger partial charge in [-0.05, 0) is 38.0 Å². The maximum atomic E-state index is 12.3. The molecule has 0 spiro atoms. The minimum atomic E-state index is -1.05. The lowest BCUT2D eigenvalue weighted by molar-refractivity contribution is -0.157. The second-order valence-corrected chi connectivity index (χ2v) is 7.12. The van der Waals surface area contributed by atoms with Gasteiger partial charge in [-0.15, -0.1) is 0 Å². The van der Waals surface area contributed by atoms with Crippen LogP contribution in [0.3, 0.4) is 0 Å². The number of benzene rings is 1. The van der Waals surface area contributed by atoms with Gasteiger partial charge in [0.15, 0.2) is 12.7 Å². The van der Waals surface area contributed by atoms with Crippen LogP contribution in [0.15, 0.2) is 39.5 Å². The number of carbonyl (C=O) groups excluding carboxylic acids is 2. The molecule has 1 aromatic heterocycles. The maximum absolute atomic E-state index is 12.3. The Bertz CT molecular complexity index is 1000. The molecule has 0 bridgehead atoms. The summed E-state index contributed by atoms with van der Waals surface area (Å²) in [7, 11) is 0. The number of nitrogens with zero attached hydrogens (tertiary/aromatic N) is 1. The number of ether oxygens (including phenoxy) is 2. The largest absolute Gasteiger partial charge is 0.482 e. The number of nitrogens with one attached hydrogen (secondary N) is 1. The number of nitriles is 1. The molecule has 152 valence electrons. The highest BCUT2D eigenvalue weighted by Gasteiger charge is 2.35. The van der Waals surface area contributed by atoms with Crippen molar-refractivity contribution in [1.82, 2.24) is 5.32 Å². The molecule has 1 unspecified atom stereocenters. The van der Waals surface area contributed by atoms with Crippen molar-refractivity contribution in [3.63, 3.8) is 0 Å². The van der Waals surface area contributed by atoms with Crippen molar-refractivity contribution in [1.29, 1.82) is 5.26 Å². The van der Waals surface area contributed by atoms with E-state index in [9.17, 15) is 19.6 Å². The monoisotopic (exact) mass is 398 g/mol. The van der Waals surface area contributed by atoms with Crippen LogP contribution in [0.25, 0.3) is 11.0 Å². The first-order valence-corrected chi connectivity index (χ1v) is 9.50. The fourth-order valence-electron chi connectivity index (χ4n) is 3.32. The number of esters is 1. The highest BCUT2D eigenvalue weighted by atomic mass is 16.6. The van der Waals surface area contributed by atoms with Crippen molar-refractivity contribution in [3.8, 4) is 11.8 Å². The van der Waals surface area contributed by atoms with Gasteiger partial charge in [0.25, 0.3) is 5.91 Å². The molecule has 8 nitrogen and oxygen atoms in total. The third-order valence-corrected chi connectivity index (χ3v) is 4.91. The Balaban J connectivity index is 1.52. The Morgan fingerprint density at radius 3 is 2.69 bits per heavy atom. The van der Waals surface area contributed by atoms with Crippen LogP contribution in [-0.2, 0) is 14.3 Å². The molecule has 1 aromatic carbocycles. The number of hydrogen-bond acceptors (Lipinski definition) is 7. The lowest BCUT2D eigenvalue weighted by atomic mass is 9.83. The Kier molecular flexibility index (Phi) is 6.17. The van der Waals surface area contributed by atoms with Gasteiger partial charge in [0, 0.05) is 17.5 Å². The number of carbonyl (C=O) groups is 2. The van der Waals surface area contributed by atoms with E-state index in [1.165, 1.54) is 19.1 Å². The van der Waals surface area contributed by atoms with Crippen molar-refractivity contribution in [2.45, 2.75) is 50.7 Å². The van der Waals surface area contributed by atoms with Gasteiger partial charge >= 0.3 is 11.6 Å². The lowest BCUT2D eigenvalue weighted by Gasteiger charge is -2.32. The Morgan fingerprint density at radius 2 is 1.97 bits per heavy atom. The van der Waals surface area contributed by atoms with Crippen molar-refractivity contribution in [3.05, 3.63) is 40.8 Å². The van der Waals surface area contributed by atoms with Crippen molar-refractivity contribution in [2.75, 3.05) is 6.61 Å². The van der Waals surface area contributed by atoms with E-state index in [0.717, 1.165) is 24.6 Å². The van der Waals surface area contributed by atoms with Crippen LogP contribution in [0.5, 0.6) is 5.75 Å². The minimum Gasteiger partial charge on any atom is -0.482 e. The predicted molar refractivity (Wildman–Crippen MR) is 103 cm³/mol. The summed E-state index contributed by atoms with van der Waals surface area (Å²) in [6.07, 6.45) is 2.93. The van der Waals surface area contributed by atoms with E-state index in [1.807, 2.05) is 0 Å². The molecular weight excluding hydrogens is 376 g/mol. The minimum absolute atomic E-state index is 0.326. The second kappa shape index (κ2) is 8.78. The molecule has 0 saturated heterocycles. The van der Waals surface area contributed by atoms with Gasteiger partial charge in [-0.2, -0.15) is 5.26 Å². The highest BCUT2D eigenvalue weighted by Crippen LogP contribution is 2.27. The van der Waals surface area contributed by atoms with Crippen LogP contribution in [-0.4, -0.2) is 30.1 Å². The maximum Gasteiger partial charge on any atom is 0.344 e. The van der Waals surface area contributed by atoms with E-state index in [-0.39, 0.29) is 0 Å². The first kappa shape index (κ1) is 20.4. The second-order valence-electron chi connectivity index (χ2n) is 7.12. The average Bonchev–Trinajstić information content (AvgIpc) is 2.72. The normalized spacial score (nSPS) is 16.4. The molecule has 1 aliphatic rings. The molecule has 0 radical (unpaired) electrons. The first-order valence-electron chi connectivity index (χ1n) is 9.50. The van der Waals surface area contributed by atoms with E-state index < -0.39 is 35.8 Å². The lowest BCUT2D eigenvalue weighted by Crippen LogP contribution is -2.52. The molecule has 3 rings (SSSR count). The SMILES string of the molecule is CC(OC(=O)COc1ccc2ccc(=O)oc2c1)C(=O)NC1(C#N)CCCCC1. The summed E-state index contributed by atoms with van der Waals surface area (Å²) in [6.45, 7) is 1.04. The van der Waals surface area contributed by atoms with E-state index in [1.54, 1.807) is 18.2 Å². The van der Waals surface area contributed by atoms with Gasteiger partial charge < -0.3 is 19.2 Å². The fraction of sp³-hybridized carbons (Fsp3) is 0.429.